The second-order valence-electron chi connectivity index (χ2n) is 4.86. The van der Waals surface area contributed by atoms with Gasteiger partial charge in [-0.3, -0.25) is 0 Å². The van der Waals surface area contributed by atoms with Crippen molar-refractivity contribution in [2.24, 2.45) is 11.8 Å². The van der Waals surface area contributed by atoms with Crippen LogP contribution >= 0.6 is 0 Å². The van der Waals surface area contributed by atoms with E-state index in [1.807, 2.05) is 0 Å². The Morgan fingerprint density at radius 3 is 2.60 bits per heavy atom. The van der Waals surface area contributed by atoms with Crippen molar-refractivity contribution in [3.8, 4) is 0 Å². The van der Waals surface area contributed by atoms with E-state index in [0.29, 0.717) is 6.04 Å². The molecular formula is C12H24N2O. The summed E-state index contributed by atoms with van der Waals surface area (Å²) in [5.74, 6) is 1.54. The van der Waals surface area contributed by atoms with Crippen LogP contribution in [-0.4, -0.2) is 18.6 Å². The van der Waals surface area contributed by atoms with Crippen LogP contribution in [0.1, 0.15) is 46.5 Å². The number of hydrogen-bond donors (Lipinski definition) is 2. The van der Waals surface area contributed by atoms with Crippen LogP contribution in [-0.2, 0) is 0 Å². The third kappa shape index (κ3) is 4.10. The maximum atomic E-state index is 11.4. The standard InChI is InChI=1S/C12H24N2O/c1-4-7-13-12(15)14-11-6-5-9(2)10(3)8-11/h9-11H,4-8H2,1-3H3,(H2,13,14,15). The molecule has 0 aromatic carbocycles. The largest absolute Gasteiger partial charge is 0.338 e. The van der Waals surface area contributed by atoms with Crippen molar-refractivity contribution in [3.63, 3.8) is 0 Å². The average Bonchev–Trinajstić information content (AvgIpc) is 2.20. The molecule has 0 aromatic rings. The highest BCUT2D eigenvalue weighted by atomic mass is 16.2. The Hall–Kier alpha value is -0.730. The highest BCUT2D eigenvalue weighted by Crippen LogP contribution is 2.29. The molecule has 1 rings (SSSR count). The third-order valence-electron chi connectivity index (χ3n) is 3.47. The Labute approximate surface area is 93.0 Å². The Balaban J connectivity index is 2.24. The number of hydrogen-bond acceptors (Lipinski definition) is 1. The van der Waals surface area contributed by atoms with E-state index in [-0.39, 0.29) is 6.03 Å². The molecule has 1 aliphatic rings. The van der Waals surface area contributed by atoms with Crippen molar-refractivity contribution in [1.82, 2.24) is 10.6 Å². The lowest BCUT2D eigenvalue weighted by Crippen LogP contribution is -2.45. The van der Waals surface area contributed by atoms with Crippen molar-refractivity contribution < 1.29 is 4.79 Å². The van der Waals surface area contributed by atoms with Crippen LogP contribution in [0.2, 0.25) is 0 Å². The van der Waals surface area contributed by atoms with Gasteiger partial charge in [0.2, 0.25) is 0 Å². The lowest BCUT2D eigenvalue weighted by Gasteiger charge is -2.32. The zero-order valence-corrected chi connectivity index (χ0v) is 10.2. The lowest BCUT2D eigenvalue weighted by molar-refractivity contribution is 0.208. The lowest BCUT2D eigenvalue weighted by atomic mass is 9.79. The van der Waals surface area contributed by atoms with E-state index in [4.69, 9.17) is 0 Å². The minimum Gasteiger partial charge on any atom is -0.338 e. The average molecular weight is 212 g/mol. The molecule has 3 nitrogen and oxygen atoms in total. The Kier molecular flexibility index (Phi) is 4.92. The van der Waals surface area contributed by atoms with Gasteiger partial charge in [0.25, 0.3) is 0 Å². The summed E-state index contributed by atoms with van der Waals surface area (Å²) in [4.78, 5) is 11.4. The van der Waals surface area contributed by atoms with Crippen LogP contribution in [0.5, 0.6) is 0 Å². The number of amides is 2. The van der Waals surface area contributed by atoms with Crippen LogP contribution in [0.25, 0.3) is 0 Å². The number of urea groups is 1. The Bertz CT molecular complexity index is 206. The number of nitrogens with one attached hydrogen (secondary N) is 2. The van der Waals surface area contributed by atoms with Crippen LogP contribution < -0.4 is 10.6 Å². The normalized spacial score (nSPS) is 31.0. The van der Waals surface area contributed by atoms with Crippen LogP contribution in [0.4, 0.5) is 4.79 Å². The molecule has 2 amide bonds. The summed E-state index contributed by atoms with van der Waals surface area (Å²) in [6.07, 6.45) is 4.48. The van der Waals surface area contributed by atoms with E-state index >= 15 is 0 Å². The first-order valence-electron chi connectivity index (χ1n) is 6.17. The minimum absolute atomic E-state index is 0.00334. The summed E-state index contributed by atoms with van der Waals surface area (Å²) in [7, 11) is 0. The molecule has 0 spiro atoms. The summed E-state index contributed by atoms with van der Waals surface area (Å²) >= 11 is 0. The predicted octanol–water partition coefficient (Wildman–Crippen LogP) is 2.52. The van der Waals surface area contributed by atoms with Gasteiger partial charge < -0.3 is 10.6 Å². The van der Waals surface area contributed by atoms with Gasteiger partial charge in [-0.25, -0.2) is 4.79 Å². The zero-order valence-electron chi connectivity index (χ0n) is 10.2. The van der Waals surface area contributed by atoms with E-state index < -0.39 is 0 Å². The van der Waals surface area contributed by atoms with Crippen LogP contribution in [0.3, 0.4) is 0 Å². The van der Waals surface area contributed by atoms with Crippen molar-refractivity contribution in [1.29, 1.82) is 0 Å². The van der Waals surface area contributed by atoms with Gasteiger partial charge in [-0.1, -0.05) is 20.8 Å². The topological polar surface area (TPSA) is 41.1 Å². The fourth-order valence-corrected chi connectivity index (χ4v) is 2.15. The molecule has 0 radical (unpaired) electrons. The first-order chi connectivity index (χ1) is 7.13. The summed E-state index contributed by atoms with van der Waals surface area (Å²) in [6, 6.07) is 0.386. The van der Waals surface area contributed by atoms with Crippen LogP contribution in [0.15, 0.2) is 0 Å². The summed E-state index contributed by atoms with van der Waals surface area (Å²) in [5, 5.41) is 5.91. The second-order valence-corrected chi connectivity index (χ2v) is 4.86. The molecule has 3 heteroatoms. The molecule has 0 saturated heterocycles. The van der Waals surface area contributed by atoms with Gasteiger partial charge in [0.1, 0.15) is 0 Å². The molecule has 1 fully saturated rings. The molecule has 3 atom stereocenters. The molecule has 2 N–H and O–H groups in total. The SMILES string of the molecule is CCCNC(=O)NC1CCC(C)C(C)C1. The predicted molar refractivity (Wildman–Crippen MR) is 62.8 cm³/mol. The van der Waals surface area contributed by atoms with E-state index in [2.05, 4.69) is 31.4 Å². The highest BCUT2D eigenvalue weighted by Gasteiger charge is 2.25. The maximum Gasteiger partial charge on any atom is 0.315 e. The quantitative estimate of drug-likeness (QED) is 0.741. The number of carbonyl (C=O) groups is 1. The molecule has 15 heavy (non-hydrogen) atoms. The monoisotopic (exact) mass is 212 g/mol. The zero-order chi connectivity index (χ0) is 11.3. The first-order valence-corrected chi connectivity index (χ1v) is 6.17. The molecule has 3 unspecified atom stereocenters. The van der Waals surface area contributed by atoms with Gasteiger partial charge in [0.15, 0.2) is 0 Å². The molecule has 0 bridgehead atoms. The van der Waals surface area contributed by atoms with Crippen molar-refractivity contribution in [2.45, 2.75) is 52.5 Å². The Morgan fingerprint density at radius 2 is 2.00 bits per heavy atom. The molecule has 88 valence electrons. The van der Waals surface area contributed by atoms with Gasteiger partial charge >= 0.3 is 6.03 Å². The fourth-order valence-electron chi connectivity index (χ4n) is 2.15. The van der Waals surface area contributed by atoms with E-state index in [1.54, 1.807) is 0 Å². The summed E-state index contributed by atoms with van der Waals surface area (Å²) in [6.45, 7) is 7.41. The molecule has 1 aliphatic carbocycles. The number of carbonyl (C=O) groups excluding carboxylic acids is 1. The molecule has 0 heterocycles. The minimum atomic E-state index is 0.00334. The van der Waals surface area contributed by atoms with Gasteiger partial charge in [0.05, 0.1) is 0 Å². The number of rotatable bonds is 3. The van der Waals surface area contributed by atoms with Crippen molar-refractivity contribution in [2.75, 3.05) is 6.54 Å². The third-order valence-corrected chi connectivity index (χ3v) is 3.47. The van der Waals surface area contributed by atoms with E-state index in [9.17, 15) is 4.79 Å². The van der Waals surface area contributed by atoms with Crippen molar-refractivity contribution in [3.05, 3.63) is 0 Å². The van der Waals surface area contributed by atoms with Crippen LogP contribution in [0, 0.1) is 11.8 Å². The fraction of sp³-hybridized carbons (Fsp3) is 0.917. The van der Waals surface area contributed by atoms with Crippen molar-refractivity contribution >= 4 is 6.03 Å². The molecule has 0 aliphatic heterocycles. The highest BCUT2D eigenvalue weighted by molar-refractivity contribution is 5.74. The molecule has 1 saturated carbocycles. The summed E-state index contributed by atoms with van der Waals surface area (Å²) < 4.78 is 0. The van der Waals surface area contributed by atoms with Gasteiger partial charge in [-0.2, -0.15) is 0 Å². The maximum absolute atomic E-state index is 11.4. The van der Waals surface area contributed by atoms with Gasteiger partial charge in [-0.15, -0.1) is 0 Å². The van der Waals surface area contributed by atoms with Gasteiger partial charge in [-0.05, 0) is 37.5 Å². The first kappa shape index (κ1) is 12.3. The van der Waals surface area contributed by atoms with E-state index in [0.717, 1.165) is 37.6 Å². The van der Waals surface area contributed by atoms with E-state index in [1.165, 1.54) is 6.42 Å². The second kappa shape index (κ2) is 5.99. The molecular weight excluding hydrogens is 188 g/mol. The smallest absolute Gasteiger partial charge is 0.315 e. The summed E-state index contributed by atoms with van der Waals surface area (Å²) in [5.41, 5.74) is 0. The molecule has 0 aromatic heterocycles. The Morgan fingerprint density at radius 1 is 1.27 bits per heavy atom. The van der Waals surface area contributed by atoms with Gasteiger partial charge in [0, 0.05) is 12.6 Å².